The molecule has 6 heteroatoms. The Kier molecular flexibility index (Phi) is 12.5. The summed E-state index contributed by atoms with van der Waals surface area (Å²) in [6.45, 7) is 10.4. The van der Waals surface area contributed by atoms with Crippen LogP contribution >= 0.6 is 24.0 Å². The van der Waals surface area contributed by atoms with E-state index in [2.05, 4.69) is 60.6 Å². The zero-order chi connectivity index (χ0) is 19.5. The first-order valence-electron chi connectivity index (χ1n) is 10.6. The van der Waals surface area contributed by atoms with Gasteiger partial charge < -0.3 is 20.6 Å². The molecular formula is C22H39IN4O. The SMILES string of the molecule is CCCC(CCO)CN=C(NCC)NC1CCCN(c2ccc(C)cc2)C1.I. The molecule has 1 aliphatic rings. The highest BCUT2D eigenvalue weighted by molar-refractivity contribution is 14.0. The summed E-state index contributed by atoms with van der Waals surface area (Å²) in [7, 11) is 0. The van der Waals surface area contributed by atoms with E-state index < -0.39 is 0 Å². The molecule has 1 heterocycles. The summed E-state index contributed by atoms with van der Waals surface area (Å²) in [6, 6.07) is 9.22. The van der Waals surface area contributed by atoms with Crippen LogP contribution in [0.4, 0.5) is 5.69 Å². The smallest absolute Gasteiger partial charge is 0.191 e. The number of halogens is 1. The number of aryl methyl sites for hydroxylation is 1. The second kappa shape index (κ2) is 14.0. The van der Waals surface area contributed by atoms with E-state index in [9.17, 15) is 5.11 Å². The molecule has 2 unspecified atom stereocenters. The molecule has 0 bridgehead atoms. The molecule has 1 fully saturated rings. The maximum Gasteiger partial charge on any atom is 0.191 e. The number of rotatable bonds is 9. The van der Waals surface area contributed by atoms with Crippen molar-refractivity contribution in [1.82, 2.24) is 10.6 Å². The monoisotopic (exact) mass is 502 g/mol. The van der Waals surface area contributed by atoms with E-state index in [4.69, 9.17) is 4.99 Å². The molecule has 1 aromatic carbocycles. The molecule has 0 aliphatic carbocycles. The third kappa shape index (κ3) is 8.55. The molecule has 0 aromatic heterocycles. The molecule has 28 heavy (non-hydrogen) atoms. The van der Waals surface area contributed by atoms with Gasteiger partial charge in [0.05, 0.1) is 0 Å². The molecule has 160 valence electrons. The number of guanidine groups is 1. The van der Waals surface area contributed by atoms with E-state index in [1.165, 1.54) is 24.1 Å². The maximum absolute atomic E-state index is 9.26. The second-order valence-electron chi connectivity index (χ2n) is 7.65. The Morgan fingerprint density at radius 2 is 2.00 bits per heavy atom. The van der Waals surface area contributed by atoms with Gasteiger partial charge in [0, 0.05) is 44.5 Å². The van der Waals surface area contributed by atoms with Crippen molar-refractivity contribution in [3.63, 3.8) is 0 Å². The van der Waals surface area contributed by atoms with Crippen LogP contribution in [0.15, 0.2) is 29.3 Å². The molecular weight excluding hydrogens is 463 g/mol. The van der Waals surface area contributed by atoms with Crippen molar-refractivity contribution in [2.45, 2.75) is 58.9 Å². The number of nitrogens with one attached hydrogen (secondary N) is 2. The number of nitrogens with zero attached hydrogens (tertiary/aromatic N) is 2. The largest absolute Gasteiger partial charge is 0.396 e. The zero-order valence-corrected chi connectivity index (χ0v) is 20.1. The van der Waals surface area contributed by atoms with Crippen LogP contribution in [0.25, 0.3) is 0 Å². The lowest BCUT2D eigenvalue weighted by molar-refractivity contribution is 0.253. The number of hydrogen-bond donors (Lipinski definition) is 3. The van der Waals surface area contributed by atoms with Crippen LogP contribution < -0.4 is 15.5 Å². The number of anilines is 1. The van der Waals surface area contributed by atoms with E-state index in [-0.39, 0.29) is 30.6 Å². The van der Waals surface area contributed by atoms with Gasteiger partial charge in [-0.3, -0.25) is 4.99 Å². The van der Waals surface area contributed by atoms with Crippen molar-refractivity contribution in [2.24, 2.45) is 10.9 Å². The van der Waals surface area contributed by atoms with E-state index in [1.807, 2.05) is 0 Å². The van der Waals surface area contributed by atoms with Gasteiger partial charge in [-0.1, -0.05) is 31.0 Å². The molecule has 1 aromatic rings. The molecule has 0 spiro atoms. The average Bonchev–Trinajstić information content (AvgIpc) is 2.67. The normalized spacial score (nSPS) is 18.4. The van der Waals surface area contributed by atoms with E-state index >= 15 is 0 Å². The van der Waals surface area contributed by atoms with Crippen LogP contribution in [0, 0.1) is 12.8 Å². The molecule has 2 rings (SSSR count). The van der Waals surface area contributed by atoms with Gasteiger partial charge in [0.25, 0.3) is 0 Å². The zero-order valence-electron chi connectivity index (χ0n) is 17.8. The Labute approximate surface area is 188 Å². The highest BCUT2D eigenvalue weighted by atomic mass is 127. The molecule has 1 saturated heterocycles. The minimum Gasteiger partial charge on any atom is -0.396 e. The average molecular weight is 502 g/mol. The lowest BCUT2D eigenvalue weighted by atomic mass is 10.0. The first-order chi connectivity index (χ1) is 13.2. The van der Waals surface area contributed by atoms with Crippen LogP contribution in [-0.4, -0.2) is 49.9 Å². The Morgan fingerprint density at radius 3 is 2.64 bits per heavy atom. The molecule has 3 N–H and O–H groups in total. The fourth-order valence-electron chi connectivity index (χ4n) is 3.74. The minimum absolute atomic E-state index is 0. The number of aliphatic hydroxyl groups is 1. The summed E-state index contributed by atoms with van der Waals surface area (Å²) in [5, 5.41) is 16.3. The van der Waals surface area contributed by atoms with Gasteiger partial charge in [-0.2, -0.15) is 0 Å². The molecule has 5 nitrogen and oxygen atoms in total. The highest BCUT2D eigenvalue weighted by Crippen LogP contribution is 2.20. The topological polar surface area (TPSA) is 59.9 Å². The Morgan fingerprint density at radius 1 is 1.25 bits per heavy atom. The lowest BCUT2D eigenvalue weighted by Gasteiger charge is -2.35. The van der Waals surface area contributed by atoms with Crippen LogP contribution in [0.3, 0.4) is 0 Å². The van der Waals surface area contributed by atoms with E-state index in [0.717, 1.165) is 51.4 Å². The number of aliphatic hydroxyl groups excluding tert-OH is 1. The maximum atomic E-state index is 9.26. The van der Waals surface area contributed by atoms with Crippen LogP contribution in [-0.2, 0) is 0 Å². The number of aliphatic imine (C=N–C) groups is 1. The molecule has 0 radical (unpaired) electrons. The van der Waals surface area contributed by atoms with E-state index in [1.54, 1.807) is 0 Å². The Bertz CT molecular complexity index is 558. The fraction of sp³-hybridized carbons (Fsp3) is 0.682. The summed E-state index contributed by atoms with van der Waals surface area (Å²) in [5.74, 6) is 1.37. The van der Waals surface area contributed by atoms with Crippen LogP contribution in [0.5, 0.6) is 0 Å². The van der Waals surface area contributed by atoms with Crippen LogP contribution in [0.1, 0.15) is 51.5 Å². The van der Waals surface area contributed by atoms with Gasteiger partial charge in [-0.25, -0.2) is 0 Å². The quantitative estimate of drug-likeness (QED) is 0.272. The number of benzene rings is 1. The predicted octanol–water partition coefficient (Wildman–Crippen LogP) is 3.94. The standard InChI is InChI=1S/C22H38N4O.HI/c1-4-7-19(13-15-27)16-24-22(23-5-2)25-20-8-6-14-26(17-20)21-11-9-18(3)10-12-21;/h9-12,19-20,27H,4-8,13-17H2,1-3H3,(H2,23,24,25);1H. The van der Waals surface area contributed by atoms with Gasteiger partial charge in [0.2, 0.25) is 0 Å². The third-order valence-electron chi connectivity index (χ3n) is 5.25. The molecule has 1 aliphatic heterocycles. The van der Waals surface area contributed by atoms with E-state index in [0.29, 0.717) is 12.0 Å². The van der Waals surface area contributed by atoms with Crippen molar-refractivity contribution >= 4 is 35.6 Å². The van der Waals surface area contributed by atoms with Crippen molar-refractivity contribution < 1.29 is 5.11 Å². The predicted molar refractivity (Wildman–Crippen MR) is 131 cm³/mol. The van der Waals surface area contributed by atoms with Crippen molar-refractivity contribution in [2.75, 3.05) is 37.7 Å². The Balaban J connectivity index is 0.00000392. The van der Waals surface area contributed by atoms with Gasteiger partial charge in [-0.05, 0) is 57.6 Å². The lowest BCUT2D eigenvalue weighted by Crippen LogP contribution is -2.51. The van der Waals surface area contributed by atoms with Crippen molar-refractivity contribution in [3.05, 3.63) is 29.8 Å². The highest BCUT2D eigenvalue weighted by Gasteiger charge is 2.21. The van der Waals surface area contributed by atoms with Gasteiger partial charge in [0.1, 0.15) is 0 Å². The summed E-state index contributed by atoms with van der Waals surface area (Å²) in [4.78, 5) is 7.29. The Hall–Kier alpha value is -1.02. The summed E-state index contributed by atoms with van der Waals surface area (Å²) in [6.07, 6.45) is 5.45. The minimum atomic E-state index is 0. The molecule has 2 atom stereocenters. The first kappa shape index (κ1) is 25.0. The fourth-order valence-corrected chi connectivity index (χ4v) is 3.74. The first-order valence-corrected chi connectivity index (χ1v) is 10.6. The molecule has 0 amide bonds. The molecule has 0 saturated carbocycles. The number of hydrogen-bond acceptors (Lipinski definition) is 3. The summed E-state index contributed by atoms with van der Waals surface area (Å²) in [5.41, 5.74) is 2.61. The van der Waals surface area contributed by atoms with Gasteiger partial charge >= 0.3 is 0 Å². The van der Waals surface area contributed by atoms with Gasteiger partial charge in [0.15, 0.2) is 5.96 Å². The third-order valence-corrected chi connectivity index (χ3v) is 5.25. The summed E-state index contributed by atoms with van der Waals surface area (Å²) < 4.78 is 0. The van der Waals surface area contributed by atoms with Gasteiger partial charge in [-0.15, -0.1) is 24.0 Å². The second-order valence-corrected chi connectivity index (χ2v) is 7.65. The summed E-state index contributed by atoms with van der Waals surface area (Å²) >= 11 is 0. The van der Waals surface area contributed by atoms with Crippen molar-refractivity contribution in [3.8, 4) is 0 Å². The van der Waals surface area contributed by atoms with Crippen LogP contribution in [0.2, 0.25) is 0 Å². The number of piperidine rings is 1. The van der Waals surface area contributed by atoms with Crippen molar-refractivity contribution in [1.29, 1.82) is 0 Å².